The van der Waals surface area contributed by atoms with Gasteiger partial charge in [-0.3, -0.25) is 15.6 Å². The Bertz CT molecular complexity index is 838. The maximum Gasteiger partial charge on any atom is 0.242 e. The summed E-state index contributed by atoms with van der Waals surface area (Å²) in [5, 5.41) is 5.25. The Hall–Kier alpha value is -3.13. The van der Waals surface area contributed by atoms with Crippen molar-refractivity contribution in [2.45, 2.75) is 12.8 Å². The third-order valence-corrected chi connectivity index (χ3v) is 4.59. The molecule has 26 heavy (non-hydrogen) atoms. The first-order chi connectivity index (χ1) is 12.7. The molecule has 8 heteroatoms. The van der Waals surface area contributed by atoms with Gasteiger partial charge in [-0.15, -0.1) is 11.3 Å². The number of nitrogens with one attached hydrogen (secondary N) is 3. The number of hydrogen-bond acceptors (Lipinski definition) is 7. The minimum atomic E-state index is -0.179. The van der Waals surface area contributed by atoms with Crippen molar-refractivity contribution < 1.29 is 4.79 Å². The van der Waals surface area contributed by atoms with Crippen LogP contribution in [0.3, 0.4) is 0 Å². The predicted molar refractivity (Wildman–Crippen MR) is 105 cm³/mol. The van der Waals surface area contributed by atoms with Crippen molar-refractivity contribution in [3.8, 4) is 0 Å². The van der Waals surface area contributed by atoms with Gasteiger partial charge in [0.1, 0.15) is 12.0 Å². The van der Waals surface area contributed by atoms with Gasteiger partial charge in [0, 0.05) is 11.4 Å². The number of amides is 1. The first kappa shape index (κ1) is 17.7. The van der Waals surface area contributed by atoms with Gasteiger partial charge in [0.2, 0.25) is 5.91 Å². The molecule has 1 aromatic carbocycles. The molecule has 0 saturated heterocycles. The number of aromatic nitrogens is 2. The molecule has 0 aliphatic heterocycles. The predicted octanol–water partition coefficient (Wildman–Crippen LogP) is 2.46. The molecule has 5 N–H and O–H groups in total. The third-order valence-electron chi connectivity index (χ3n) is 3.66. The number of hydrazine groups is 1. The maximum absolute atomic E-state index is 12.0. The Balaban J connectivity index is 1.52. The number of rotatable bonds is 8. The highest BCUT2D eigenvalue weighted by Crippen LogP contribution is 2.21. The molecule has 134 valence electrons. The molecule has 0 spiro atoms. The summed E-state index contributed by atoms with van der Waals surface area (Å²) in [7, 11) is 0. The molecule has 0 unspecified atom stereocenters. The van der Waals surface area contributed by atoms with Gasteiger partial charge in [0.25, 0.3) is 0 Å². The SMILES string of the molecule is Nc1c(NCCc2cccs2)ncnc1NNC(=O)Cc1ccccc1. The Labute approximate surface area is 155 Å². The molecule has 0 atom stereocenters. The fraction of sp³-hybridized carbons (Fsp3) is 0.167. The standard InChI is InChI=1S/C18H20N6OS/c19-16-17(20-9-8-14-7-4-10-26-14)21-12-22-18(16)24-23-15(25)11-13-5-2-1-3-6-13/h1-7,10,12H,8-9,11,19H2,(H,23,25)(H2,20,21,22,24). The number of anilines is 3. The molecule has 0 radical (unpaired) electrons. The summed E-state index contributed by atoms with van der Waals surface area (Å²) < 4.78 is 0. The average Bonchev–Trinajstić information content (AvgIpc) is 3.16. The van der Waals surface area contributed by atoms with Crippen molar-refractivity contribution in [2.24, 2.45) is 0 Å². The Morgan fingerprint density at radius 1 is 1.08 bits per heavy atom. The molecule has 2 heterocycles. The number of benzene rings is 1. The van der Waals surface area contributed by atoms with Crippen LogP contribution >= 0.6 is 11.3 Å². The first-order valence-corrected chi connectivity index (χ1v) is 9.06. The summed E-state index contributed by atoms with van der Waals surface area (Å²) in [6.07, 6.45) is 2.55. The zero-order valence-corrected chi connectivity index (χ0v) is 14.9. The molecule has 3 aromatic rings. The molecule has 0 aliphatic rings. The lowest BCUT2D eigenvalue weighted by atomic mass is 10.1. The minimum absolute atomic E-state index is 0.179. The van der Waals surface area contributed by atoms with Gasteiger partial charge in [-0.25, -0.2) is 9.97 Å². The molecule has 7 nitrogen and oxygen atoms in total. The lowest BCUT2D eigenvalue weighted by Crippen LogP contribution is -2.31. The fourth-order valence-corrected chi connectivity index (χ4v) is 3.06. The van der Waals surface area contributed by atoms with Crippen LogP contribution in [-0.2, 0) is 17.6 Å². The monoisotopic (exact) mass is 368 g/mol. The van der Waals surface area contributed by atoms with E-state index in [-0.39, 0.29) is 12.3 Å². The van der Waals surface area contributed by atoms with Crippen LogP contribution in [0, 0.1) is 0 Å². The van der Waals surface area contributed by atoms with E-state index in [1.807, 2.05) is 36.4 Å². The van der Waals surface area contributed by atoms with Crippen LogP contribution in [0.15, 0.2) is 54.2 Å². The Morgan fingerprint density at radius 3 is 2.65 bits per heavy atom. The Morgan fingerprint density at radius 2 is 1.88 bits per heavy atom. The maximum atomic E-state index is 12.0. The van der Waals surface area contributed by atoms with Crippen LogP contribution < -0.4 is 21.9 Å². The van der Waals surface area contributed by atoms with E-state index in [9.17, 15) is 4.79 Å². The summed E-state index contributed by atoms with van der Waals surface area (Å²) in [6, 6.07) is 13.6. The molecular formula is C18H20N6OS. The van der Waals surface area contributed by atoms with Crippen molar-refractivity contribution in [3.05, 3.63) is 64.6 Å². The van der Waals surface area contributed by atoms with Crippen molar-refractivity contribution in [1.82, 2.24) is 15.4 Å². The second kappa shape index (κ2) is 8.82. The lowest BCUT2D eigenvalue weighted by molar-refractivity contribution is -0.119. The topological polar surface area (TPSA) is 105 Å². The van der Waals surface area contributed by atoms with E-state index < -0.39 is 0 Å². The van der Waals surface area contributed by atoms with Crippen molar-refractivity contribution >= 4 is 34.6 Å². The van der Waals surface area contributed by atoms with E-state index in [0.717, 1.165) is 12.0 Å². The van der Waals surface area contributed by atoms with E-state index in [4.69, 9.17) is 5.73 Å². The van der Waals surface area contributed by atoms with E-state index in [1.54, 1.807) is 11.3 Å². The van der Waals surface area contributed by atoms with Crippen LogP contribution in [0.4, 0.5) is 17.3 Å². The number of carbonyl (C=O) groups excluding carboxylic acids is 1. The van der Waals surface area contributed by atoms with Crippen LogP contribution in [0.5, 0.6) is 0 Å². The minimum Gasteiger partial charge on any atom is -0.393 e. The van der Waals surface area contributed by atoms with Gasteiger partial charge in [-0.2, -0.15) is 0 Å². The third kappa shape index (κ3) is 4.93. The molecule has 3 rings (SSSR count). The van der Waals surface area contributed by atoms with Gasteiger partial charge in [0.15, 0.2) is 11.6 Å². The molecule has 0 aliphatic carbocycles. The van der Waals surface area contributed by atoms with Crippen LogP contribution in [0.2, 0.25) is 0 Å². The molecule has 0 saturated carbocycles. The van der Waals surface area contributed by atoms with Crippen LogP contribution in [-0.4, -0.2) is 22.4 Å². The smallest absolute Gasteiger partial charge is 0.242 e. The van der Waals surface area contributed by atoms with Crippen molar-refractivity contribution in [2.75, 3.05) is 23.0 Å². The second-order valence-electron chi connectivity index (χ2n) is 5.58. The van der Waals surface area contributed by atoms with Gasteiger partial charge >= 0.3 is 0 Å². The summed E-state index contributed by atoms with van der Waals surface area (Å²) in [6.45, 7) is 0.710. The van der Waals surface area contributed by atoms with Gasteiger partial charge in [-0.1, -0.05) is 36.4 Å². The van der Waals surface area contributed by atoms with Crippen molar-refractivity contribution in [3.63, 3.8) is 0 Å². The van der Waals surface area contributed by atoms with E-state index >= 15 is 0 Å². The zero-order chi connectivity index (χ0) is 18.2. The van der Waals surface area contributed by atoms with E-state index in [0.29, 0.717) is 23.9 Å². The quantitative estimate of drug-likeness (QED) is 0.455. The normalized spacial score (nSPS) is 10.3. The molecule has 0 bridgehead atoms. The summed E-state index contributed by atoms with van der Waals surface area (Å²) in [5.74, 6) is 0.720. The summed E-state index contributed by atoms with van der Waals surface area (Å²) >= 11 is 1.71. The molecule has 0 fully saturated rings. The molecule has 1 amide bonds. The number of hydrogen-bond donors (Lipinski definition) is 4. The van der Waals surface area contributed by atoms with E-state index in [1.165, 1.54) is 11.2 Å². The van der Waals surface area contributed by atoms with Crippen molar-refractivity contribution in [1.29, 1.82) is 0 Å². The summed E-state index contributed by atoms with van der Waals surface area (Å²) in [4.78, 5) is 21.5. The van der Waals surface area contributed by atoms with Gasteiger partial charge < -0.3 is 11.1 Å². The molecular weight excluding hydrogens is 348 g/mol. The average molecular weight is 368 g/mol. The second-order valence-corrected chi connectivity index (χ2v) is 6.61. The number of nitrogens with two attached hydrogens (primary N) is 1. The van der Waals surface area contributed by atoms with Gasteiger partial charge in [-0.05, 0) is 23.4 Å². The largest absolute Gasteiger partial charge is 0.393 e. The number of thiophene rings is 1. The van der Waals surface area contributed by atoms with Crippen LogP contribution in [0.1, 0.15) is 10.4 Å². The zero-order valence-electron chi connectivity index (χ0n) is 14.1. The highest BCUT2D eigenvalue weighted by Gasteiger charge is 2.09. The van der Waals surface area contributed by atoms with Gasteiger partial charge in [0.05, 0.1) is 6.42 Å². The highest BCUT2D eigenvalue weighted by atomic mass is 32.1. The number of nitrogen functional groups attached to an aromatic ring is 1. The number of nitrogens with zero attached hydrogens (tertiary/aromatic N) is 2. The highest BCUT2D eigenvalue weighted by molar-refractivity contribution is 7.09. The Kier molecular flexibility index (Phi) is 6.00. The van der Waals surface area contributed by atoms with E-state index in [2.05, 4.69) is 37.6 Å². The van der Waals surface area contributed by atoms with Crippen LogP contribution in [0.25, 0.3) is 0 Å². The summed E-state index contributed by atoms with van der Waals surface area (Å²) in [5.41, 5.74) is 12.7. The number of carbonyl (C=O) groups is 1. The molecule has 2 aromatic heterocycles. The lowest BCUT2D eigenvalue weighted by Gasteiger charge is -2.13. The first-order valence-electron chi connectivity index (χ1n) is 8.18. The fourth-order valence-electron chi connectivity index (χ4n) is 2.35.